The van der Waals surface area contributed by atoms with Gasteiger partial charge in [0.25, 0.3) is 0 Å². The average molecular weight is 229 g/mol. The molecule has 0 aromatic carbocycles. The predicted octanol–water partition coefficient (Wildman–Crippen LogP) is 1.39. The van der Waals surface area contributed by atoms with Gasteiger partial charge in [0, 0.05) is 5.69 Å². The van der Waals surface area contributed by atoms with Crippen LogP contribution in [-0.2, 0) is 11.0 Å². The molecule has 0 aliphatic carbocycles. The lowest BCUT2D eigenvalue weighted by Gasteiger charge is -2.09. The summed E-state index contributed by atoms with van der Waals surface area (Å²) >= 11 is 0. The maximum atomic E-state index is 11.1. The molecule has 0 unspecified atom stereocenters. The van der Waals surface area contributed by atoms with Crippen molar-refractivity contribution >= 4 is 13.0 Å². The maximum Gasteiger partial charge on any atom is 0.374 e. The minimum Gasteiger partial charge on any atom is -0.320 e. The molecule has 5 heteroatoms. The lowest BCUT2D eigenvalue weighted by molar-refractivity contribution is 0.386. The Hall–Kier alpha value is -0.700. The van der Waals surface area contributed by atoms with Crippen molar-refractivity contribution in [1.29, 1.82) is 0 Å². The fraction of sp³-hybridized carbons (Fsp3) is 0.500. The molecule has 2 N–H and O–H groups in total. The highest BCUT2D eigenvalue weighted by Crippen LogP contribution is 2.32. The van der Waals surface area contributed by atoms with Crippen LogP contribution >= 0.6 is 7.60 Å². The highest BCUT2D eigenvalue weighted by atomic mass is 31.2. The van der Waals surface area contributed by atoms with E-state index < -0.39 is 7.60 Å². The third kappa shape index (κ3) is 3.74. The van der Waals surface area contributed by atoms with Gasteiger partial charge in [0.2, 0.25) is 0 Å². The number of hydrogen-bond donors (Lipinski definition) is 2. The number of aryl methyl sites for hydroxylation is 1. The van der Waals surface area contributed by atoms with Crippen LogP contribution in [0, 0.1) is 12.8 Å². The molecule has 1 heterocycles. The Morgan fingerprint density at radius 2 is 2.00 bits per heavy atom. The van der Waals surface area contributed by atoms with Crippen molar-refractivity contribution in [3.8, 4) is 0 Å². The highest BCUT2D eigenvalue weighted by Gasteiger charge is 2.19. The quantitative estimate of drug-likeness (QED) is 0.768. The van der Waals surface area contributed by atoms with E-state index >= 15 is 0 Å². The average Bonchev–Trinajstić information content (AvgIpc) is 1.99. The predicted molar refractivity (Wildman–Crippen MR) is 59.2 cm³/mol. The Balaban J connectivity index is 3.11. The van der Waals surface area contributed by atoms with E-state index in [0.717, 1.165) is 17.7 Å². The van der Waals surface area contributed by atoms with Gasteiger partial charge in [-0.1, -0.05) is 13.8 Å². The Labute approximate surface area is 89.5 Å². The second kappa shape index (κ2) is 4.44. The molecule has 1 aromatic heterocycles. The van der Waals surface area contributed by atoms with E-state index in [1.165, 1.54) is 6.07 Å². The molecule has 1 aromatic rings. The van der Waals surface area contributed by atoms with Gasteiger partial charge < -0.3 is 9.79 Å². The molecule has 0 aliphatic rings. The van der Waals surface area contributed by atoms with Gasteiger partial charge in [-0.15, -0.1) is 0 Å². The minimum atomic E-state index is -4.23. The van der Waals surface area contributed by atoms with Gasteiger partial charge >= 0.3 is 7.60 Å². The minimum absolute atomic E-state index is 0.127. The Kier molecular flexibility index (Phi) is 3.66. The van der Waals surface area contributed by atoms with Gasteiger partial charge in [0.05, 0.1) is 0 Å². The van der Waals surface area contributed by atoms with Crippen LogP contribution in [0.2, 0.25) is 0 Å². The molecule has 0 spiro atoms. The van der Waals surface area contributed by atoms with Crippen LogP contribution in [0.4, 0.5) is 0 Å². The first-order valence-corrected chi connectivity index (χ1v) is 6.44. The van der Waals surface area contributed by atoms with E-state index in [-0.39, 0.29) is 5.44 Å². The zero-order valence-electron chi connectivity index (χ0n) is 9.14. The number of hydrogen-bond acceptors (Lipinski definition) is 2. The molecule has 84 valence electrons. The van der Waals surface area contributed by atoms with E-state index in [1.54, 1.807) is 0 Å². The Morgan fingerprint density at radius 1 is 1.40 bits per heavy atom. The monoisotopic (exact) mass is 229 g/mol. The zero-order chi connectivity index (χ0) is 11.6. The highest BCUT2D eigenvalue weighted by molar-refractivity contribution is 7.60. The van der Waals surface area contributed by atoms with Gasteiger partial charge in [0.15, 0.2) is 5.44 Å². The van der Waals surface area contributed by atoms with Crippen molar-refractivity contribution in [3.63, 3.8) is 0 Å². The SMILES string of the molecule is Cc1cc(CC(C)C)nc(P(=O)(O)O)c1. The zero-order valence-corrected chi connectivity index (χ0v) is 10.0. The number of rotatable bonds is 3. The molecule has 0 fully saturated rings. The number of aromatic nitrogens is 1. The fourth-order valence-electron chi connectivity index (χ4n) is 1.39. The third-order valence-corrected chi connectivity index (χ3v) is 2.75. The van der Waals surface area contributed by atoms with E-state index in [2.05, 4.69) is 4.98 Å². The summed E-state index contributed by atoms with van der Waals surface area (Å²) in [6, 6.07) is 3.30. The third-order valence-electron chi connectivity index (χ3n) is 1.93. The van der Waals surface area contributed by atoms with Crippen LogP contribution < -0.4 is 5.44 Å². The topological polar surface area (TPSA) is 70.4 Å². The molecule has 0 atom stereocenters. The molecular formula is C10H16NO3P. The van der Waals surface area contributed by atoms with Gasteiger partial charge in [-0.2, -0.15) is 0 Å². The summed E-state index contributed by atoms with van der Waals surface area (Å²) in [7, 11) is -4.23. The largest absolute Gasteiger partial charge is 0.374 e. The van der Waals surface area contributed by atoms with Crippen LogP contribution in [0.15, 0.2) is 12.1 Å². The van der Waals surface area contributed by atoms with Crippen LogP contribution in [0.1, 0.15) is 25.1 Å². The van der Waals surface area contributed by atoms with Crippen molar-refractivity contribution in [2.45, 2.75) is 27.2 Å². The Morgan fingerprint density at radius 3 is 2.47 bits per heavy atom. The lowest BCUT2D eigenvalue weighted by atomic mass is 10.1. The number of pyridine rings is 1. The molecule has 0 saturated carbocycles. The van der Waals surface area contributed by atoms with Crippen LogP contribution in [0.3, 0.4) is 0 Å². The summed E-state index contributed by atoms with van der Waals surface area (Å²) in [5.41, 5.74) is 1.44. The smallest absolute Gasteiger partial charge is 0.320 e. The van der Waals surface area contributed by atoms with Gasteiger partial charge in [0.1, 0.15) is 0 Å². The first-order valence-electron chi connectivity index (χ1n) is 4.82. The van der Waals surface area contributed by atoms with E-state index in [4.69, 9.17) is 9.79 Å². The molecule has 0 amide bonds. The molecular weight excluding hydrogens is 213 g/mol. The first kappa shape index (κ1) is 12.4. The summed E-state index contributed by atoms with van der Waals surface area (Å²) in [6.45, 7) is 5.90. The van der Waals surface area contributed by atoms with E-state index in [9.17, 15) is 4.57 Å². The van der Waals surface area contributed by atoms with Gasteiger partial charge in [-0.05, 0) is 37.0 Å². The van der Waals surface area contributed by atoms with Crippen LogP contribution in [-0.4, -0.2) is 14.8 Å². The molecule has 4 nitrogen and oxygen atoms in total. The molecule has 0 saturated heterocycles. The second-order valence-corrected chi connectivity index (χ2v) is 5.68. The summed E-state index contributed by atoms with van der Waals surface area (Å²) in [5.74, 6) is 0.420. The van der Waals surface area contributed by atoms with Crippen molar-refractivity contribution in [2.24, 2.45) is 5.92 Å². The normalized spacial score (nSPS) is 12.1. The molecule has 1 rings (SSSR count). The standard InChI is InChI=1S/C10H16NO3P/c1-7(2)4-9-5-8(3)6-10(11-9)15(12,13)14/h5-7H,4H2,1-3H3,(H2,12,13,14). The maximum absolute atomic E-state index is 11.1. The molecule has 15 heavy (non-hydrogen) atoms. The van der Waals surface area contributed by atoms with Crippen molar-refractivity contribution < 1.29 is 14.4 Å². The lowest BCUT2D eigenvalue weighted by Crippen LogP contribution is -2.13. The van der Waals surface area contributed by atoms with Crippen molar-refractivity contribution in [2.75, 3.05) is 0 Å². The van der Waals surface area contributed by atoms with Crippen molar-refractivity contribution in [3.05, 3.63) is 23.4 Å². The van der Waals surface area contributed by atoms with Gasteiger partial charge in [-0.25, -0.2) is 4.98 Å². The summed E-state index contributed by atoms with van der Waals surface area (Å²) in [6.07, 6.45) is 0.731. The van der Waals surface area contributed by atoms with E-state index in [1.807, 2.05) is 26.8 Å². The second-order valence-electron chi connectivity index (χ2n) is 4.14. The first-order chi connectivity index (χ1) is 6.79. The summed E-state index contributed by atoms with van der Waals surface area (Å²) < 4.78 is 11.1. The van der Waals surface area contributed by atoms with Crippen LogP contribution in [0.5, 0.6) is 0 Å². The fourth-order valence-corrected chi connectivity index (χ4v) is 2.02. The molecule has 0 aliphatic heterocycles. The summed E-state index contributed by atoms with van der Waals surface area (Å²) in [4.78, 5) is 22.0. The molecule has 0 radical (unpaired) electrons. The summed E-state index contributed by atoms with van der Waals surface area (Å²) in [5, 5.41) is 0. The Bertz CT molecular complexity index is 398. The van der Waals surface area contributed by atoms with Crippen LogP contribution in [0.25, 0.3) is 0 Å². The van der Waals surface area contributed by atoms with Crippen molar-refractivity contribution in [1.82, 2.24) is 4.98 Å². The molecule has 0 bridgehead atoms. The number of nitrogens with zero attached hydrogens (tertiary/aromatic N) is 1. The van der Waals surface area contributed by atoms with E-state index in [0.29, 0.717) is 5.92 Å². The van der Waals surface area contributed by atoms with Gasteiger partial charge in [-0.3, -0.25) is 4.57 Å².